The fourth-order valence-corrected chi connectivity index (χ4v) is 2.80. The van der Waals surface area contributed by atoms with Crippen LogP contribution in [0.3, 0.4) is 0 Å². The van der Waals surface area contributed by atoms with Crippen molar-refractivity contribution in [2.75, 3.05) is 19.0 Å². The summed E-state index contributed by atoms with van der Waals surface area (Å²) in [5.41, 5.74) is 2.65. The van der Waals surface area contributed by atoms with Crippen LogP contribution in [-0.4, -0.2) is 39.0 Å². The fourth-order valence-electron chi connectivity index (χ4n) is 2.80. The van der Waals surface area contributed by atoms with Gasteiger partial charge < -0.3 is 14.6 Å². The SMILES string of the molecule is CCCC(=O)Nc1ccc2c(c1)nc(Cn1cccn1)n2CCOC. The molecule has 0 spiro atoms. The summed E-state index contributed by atoms with van der Waals surface area (Å²) in [7, 11) is 1.69. The molecule has 25 heavy (non-hydrogen) atoms. The monoisotopic (exact) mass is 341 g/mol. The highest BCUT2D eigenvalue weighted by Gasteiger charge is 2.12. The van der Waals surface area contributed by atoms with E-state index >= 15 is 0 Å². The zero-order valence-corrected chi connectivity index (χ0v) is 14.6. The van der Waals surface area contributed by atoms with Crippen LogP contribution in [0.1, 0.15) is 25.6 Å². The van der Waals surface area contributed by atoms with Crippen LogP contribution in [0.4, 0.5) is 5.69 Å². The van der Waals surface area contributed by atoms with E-state index in [1.807, 2.05) is 42.1 Å². The van der Waals surface area contributed by atoms with Gasteiger partial charge in [-0.25, -0.2) is 4.98 Å². The van der Waals surface area contributed by atoms with Crippen LogP contribution in [-0.2, 0) is 22.6 Å². The van der Waals surface area contributed by atoms with Crippen molar-refractivity contribution in [3.05, 3.63) is 42.5 Å². The number of amides is 1. The van der Waals surface area contributed by atoms with Crippen LogP contribution in [0.15, 0.2) is 36.7 Å². The number of carbonyl (C=O) groups excluding carboxylic acids is 1. The standard InChI is InChI=1S/C18H23N5O2/c1-3-5-18(24)20-14-6-7-16-15(12-14)21-17(23(16)10-11-25-2)13-22-9-4-8-19-22/h4,6-9,12H,3,5,10-11,13H2,1-2H3,(H,20,24). The minimum Gasteiger partial charge on any atom is -0.383 e. The molecule has 1 N–H and O–H groups in total. The molecule has 3 aromatic rings. The maximum absolute atomic E-state index is 11.8. The van der Waals surface area contributed by atoms with Crippen molar-refractivity contribution >= 4 is 22.6 Å². The summed E-state index contributed by atoms with van der Waals surface area (Å²) >= 11 is 0. The van der Waals surface area contributed by atoms with Gasteiger partial charge in [0.15, 0.2) is 0 Å². The second-order valence-electron chi connectivity index (χ2n) is 5.88. The highest BCUT2D eigenvalue weighted by molar-refractivity contribution is 5.93. The van der Waals surface area contributed by atoms with E-state index in [0.29, 0.717) is 26.1 Å². The number of nitrogens with one attached hydrogen (secondary N) is 1. The van der Waals surface area contributed by atoms with Gasteiger partial charge in [-0.3, -0.25) is 9.48 Å². The summed E-state index contributed by atoms with van der Waals surface area (Å²) in [4.78, 5) is 16.6. The van der Waals surface area contributed by atoms with E-state index < -0.39 is 0 Å². The molecule has 0 aliphatic carbocycles. The number of methoxy groups -OCH3 is 1. The van der Waals surface area contributed by atoms with Crippen molar-refractivity contribution in [1.82, 2.24) is 19.3 Å². The topological polar surface area (TPSA) is 74.0 Å². The van der Waals surface area contributed by atoms with Crippen LogP contribution in [0.5, 0.6) is 0 Å². The zero-order chi connectivity index (χ0) is 17.6. The normalized spacial score (nSPS) is 11.1. The quantitative estimate of drug-likeness (QED) is 0.683. The Balaban J connectivity index is 1.92. The molecular weight excluding hydrogens is 318 g/mol. The first-order valence-electron chi connectivity index (χ1n) is 8.46. The molecule has 0 atom stereocenters. The van der Waals surface area contributed by atoms with Gasteiger partial charge in [-0.15, -0.1) is 0 Å². The molecule has 3 rings (SSSR count). The smallest absolute Gasteiger partial charge is 0.224 e. The molecule has 0 fully saturated rings. The molecule has 7 nitrogen and oxygen atoms in total. The molecule has 1 aromatic carbocycles. The van der Waals surface area contributed by atoms with E-state index in [9.17, 15) is 4.79 Å². The Morgan fingerprint density at radius 3 is 2.96 bits per heavy atom. The Bertz CT molecular complexity index is 839. The summed E-state index contributed by atoms with van der Waals surface area (Å²) in [5, 5.41) is 7.18. The molecule has 2 aromatic heterocycles. The van der Waals surface area contributed by atoms with Gasteiger partial charge in [0.1, 0.15) is 5.82 Å². The Morgan fingerprint density at radius 1 is 1.36 bits per heavy atom. The summed E-state index contributed by atoms with van der Waals surface area (Å²) in [6, 6.07) is 7.72. The second-order valence-corrected chi connectivity index (χ2v) is 5.88. The van der Waals surface area contributed by atoms with E-state index in [4.69, 9.17) is 9.72 Å². The van der Waals surface area contributed by atoms with E-state index in [1.165, 1.54) is 0 Å². The average Bonchev–Trinajstić information content (AvgIpc) is 3.21. The number of hydrogen-bond acceptors (Lipinski definition) is 4. The Labute approximate surface area is 146 Å². The van der Waals surface area contributed by atoms with Crippen LogP contribution >= 0.6 is 0 Å². The van der Waals surface area contributed by atoms with Crippen molar-refractivity contribution in [3.63, 3.8) is 0 Å². The van der Waals surface area contributed by atoms with Gasteiger partial charge in [-0.2, -0.15) is 5.10 Å². The third-order valence-electron chi connectivity index (χ3n) is 3.97. The molecule has 0 saturated heterocycles. The molecule has 0 radical (unpaired) electrons. The number of ether oxygens (including phenoxy) is 1. The Hall–Kier alpha value is -2.67. The first-order chi connectivity index (χ1) is 12.2. The molecule has 1 amide bonds. The summed E-state index contributed by atoms with van der Waals surface area (Å²) in [6.07, 6.45) is 5.01. The molecule has 132 valence electrons. The first-order valence-corrected chi connectivity index (χ1v) is 8.46. The van der Waals surface area contributed by atoms with Crippen molar-refractivity contribution in [2.24, 2.45) is 0 Å². The number of imidazole rings is 1. The molecule has 0 unspecified atom stereocenters. The minimum absolute atomic E-state index is 0.0254. The minimum atomic E-state index is 0.0254. The second kappa shape index (κ2) is 7.94. The van der Waals surface area contributed by atoms with Gasteiger partial charge in [-0.05, 0) is 30.7 Å². The van der Waals surface area contributed by atoms with Gasteiger partial charge in [0.2, 0.25) is 5.91 Å². The van der Waals surface area contributed by atoms with Crippen LogP contribution in [0.2, 0.25) is 0 Å². The van der Waals surface area contributed by atoms with Gasteiger partial charge >= 0.3 is 0 Å². The number of hydrogen-bond donors (Lipinski definition) is 1. The number of benzene rings is 1. The zero-order valence-electron chi connectivity index (χ0n) is 14.6. The number of rotatable bonds is 8. The Kier molecular flexibility index (Phi) is 5.45. The number of anilines is 1. The largest absolute Gasteiger partial charge is 0.383 e. The molecule has 2 heterocycles. The number of aromatic nitrogens is 4. The van der Waals surface area contributed by atoms with Crippen LogP contribution in [0.25, 0.3) is 11.0 Å². The maximum Gasteiger partial charge on any atom is 0.224 e. The summed E-state index contributed by atoms with van der Waals surface area (Å²) in [5.74, 6) is 0.935. The van der Waals surface area contributed by atoms with E-state index in [2.05, 4.69) is 15.0 Å². The van der Waals surface area contributed by atoms with Gasteiger partial charge in [0.05, 0.1) is 24.2 Å². The fraction of sp³-hybridized carbons (Fsp3) is 0.389. The number of nitrogens with zero attached hydrogens (tertiary/aromatic N) is 4. The predicted octanol–water partition coefficient (Wildman–Crippen LogP) is 2.67. The average molecular weight is 341 g/mol. The third kappa shape index (κ3) is 4.06. The predicted molar refractivity (Wildman–Crippen MR) is 96.5 cm³/mol. The number of fused-ring (bicyclic) bond motifs is 1. The van der Waals surface area contributed by atoms with E-state index in [0.717, 1.165) is 29.0 Å². The van der Waals surface area contributed by atoms with Crippen LogP contribution < -0.4 is 5.32 Å². The Morgan fingerprint density at radius 2 is 2.24 bits per heavy atom. The lowest BCUT2D eigenvalue weighted by Gasteiger charge is -2.09. The van der Waals surface area contributed by atoms with Crippen molar-refractivity contribution in [2.45, 2.75) is 32.9 Å². The molecule has 7 heteroatoms. The van der Waals surface area contributed by atoms with Gasteiger partial charge in [-0.1, -0.05) is 6.92 Å². The van der Waals surface area contributed by atoms with Crippen molar-refractivity contribution in [1.29, 1.82) is 0 Å². The van der Waals surface area contributed by atoms with Crippen LogP contribution in [0, 0.1) is 0 Å². The molecule has 0 saturated carbocycles. The van der Waals surface area contributed by atoms with Crippen molar-refractivity contribution < 1.29 is 9.53 Å². The van der Waals surface area contributed by atoms with E-state index in [-0.39, 0.29) is 5.91 Å². The summed E-state index contributed by atoms with van der Waals surface area (Å²) in [6.45, 7) is 3.89. The maximum atomic E-state index is 11.8. The molecule has 0 bridgehead atoms. The van der Waals surface area contributed by atoms with Gasteiger partial charge in [0, 0.05) is 38.2 Å². The number of carbonyl (C=O) groups is 1. The lowest BCUT2D eigenvalue weighted by Crippen LogP contribution is -2.12. The summed E-state index contributed by atoms with van der Waals surface area (Å²) < 4.78 is 9.21. The lowest BCUT2D eigenvalue weighted by molar-refractivity contribution is -0.116. The first kappa shape index (κ1) is 17.2. The molecule has 0 aliphatic heterocycles. The lowest BCUT2D eigenvalue weighted by atomic mass is 10.2. The van der Waals surface area contributed by atoms with Gasteiger partial charge in [0.25, 0.3) is 0 Å². The highest BCUT2D eigenvalue weighted by Crippen LogP contribution is 2.21. The molecular formula is C18H23N5O2. The van der Waals surface area contributed by atoms with Crippen molar-refractivity contribution in [3.8, 4) is 0 Å². The third-order valence-corrected chi connectivity index (χ3v) is 3.97. The highest BCUT2D eigenvalue weighted by atomic mass is 16.5. The van der Waals surface area contributed by atoms with E-state index in [1.54, 1.807) is 13.3 Å². The molecule has 0 aliphatic rings.